The normalized spacial score (nSPS) is 22.0. The van der Waals surface area contributed by atoms with Gasteiger partial charge in [-0.3, -0.25) is 4.79 Å². The SMILES string of the molecule is CNC(=O)C1CC1c1ccc(OCOC)cc1. The first-order valence-corrected chi connectivity index (χ1v) is 5.69. The van der Waals surface area contributed by atoms with Crippen molar-refractivity contribution in [3.05, 3.63) is 29.8 Å². The Labute approximate surface area is 101 Å². The van der Waals surface area contributed by atoms with Crippen molar-refractivity contribution >= 4 is 5.91 Å². The van der Waals surface area contributed by atoms with E-state index in [1.165, 1.54) is 5.56 Å². The highest BCUT2D eigenvalue weighted by molar-refractivity contribution is 5.82. The van der Waals surface area contributed by atoms with Crippen molar-refractivity contribution in [1.82, 2.24) is 5.32 Å². The van der Waals surface area contributed by atoms with E-state index < -0.39 is 0 Å². The minimum absolute atomic E-state index is 0.134. The minimum Gasteiger partial charge on any atom is -0.468 e. The zero-order chi connectivity index (χ0) is 12.3. The van der Waals surface area contributed by atoms with Gasteiger partial charge in [0.05, 0.1) is 0 Å². The van der Waals surface area contributed by atoms with Gasteiger partial charge in [-0.15, -0.1) is 0 Å². The van der Waals surface area contributed by atoms with Crippen LogP contribution in [-0.2, 0) is 9.53 Å². The highest BCUT2D eigenvalue weighted by atomic mass is 16.7. The number of benzene rings is 1. The predicted molar refractivity (Wildman–Crippen MR) is 63.9 cm³/mol. The summed E-state index contributed by atoms with van der Waals surface area (Å²) >= 11 is 0. The third kappa shape index (κ3) is 2.77. The summed E-state index contributed by atoms with van der Waals surface area (Å²) in [7, 11) is 3.27. The van der Waals surface area contributed by atoms with Crippen molar-refractivity contribution in [2.75, 3.05) is 21.0 Å². The summed E-state index contributed by atoms with van der Waals surface area (Å²) in [6.45, 7) is 0.254. The molecule has 0 heterocycles. The van der Waals surface area contributed by atoms with Crippen LogP contribution in [-0.4, -0.2) is 26.9 Å². The fraction of sp³-hybridized carbons (Fsp3) is 0.462. The van der Waals surface area contributed by atoms with Crippen molar-refractivity contribution in [1.29, 1.82) is 0 Å². The smallest absolute Gasteiger partial charge is 0.223 e. The van der Waals surface area contributed by atoms with E-state index >= 15 is 0 Å². The van der Waals surface area contributed by atoms with Gasteiger partial charge in [0.1, 0.15) is 5.75 Å². The molecule has 0 saturated heterocycles. The zero-order valence-electron chi connectivity index (χ0n) is 10.1. The average Bonchev–Trinajstić information content (AvgIpc) is 3.16. The topological polar surface area (TPSA) is 47.6 Å². The van der Waals surface area contributed by atoms with E-state index in [1.54, 1.807) is 14.2 Å². The fourth-order valence-corrected chi connectivity index (χ4v) is 1.98. The van der Waals surface area contributed by atoms with Gasteiger partial charge in [0.2, 0.25) is 5.91 Å². The highest BCUT2D eigenvalue weighted by Gasteiger charge is 2.43. The Hall–Kier alpha value is -1.55. The Morgan fingerprint density at radius 2 is 2.12 bits per heavy atom. The molecule has 1 aromatic rings. The Bertz CT molecular complexity index is 388. The van der Waals surface area contributed by atoms with E-state index in [9.17, 15) is 4.79 Å². The molecule has 1 fully saturated rings. The summed E-state index contributed by atoms with van der Waals surface area (Å²) in [5.74, 6) is 1.43. The zero-order valence-corrected chi connectivity index (χ0v) is 10.1. The van der Waals surface area contributed by atoms with E-state index in [0.717, 1.165) is 12.2 Å². The third-order valence-electron chi connectivity index (χ3n) is 3.03. The molecule has 17 heavy (non-hydrogen) atoms. The minimum atomic E-state index is 0.134. The van der Waals surface area contributed by atoms with Crippen LogP contribution in [0.4, 0.5) is 0 Å². The Kier molecular flexibility index (Phi) is 3.64. The average molecular weight is 235 g/mol. The van der Waals surface area contributed by atoms with Gasteiger partial charge in [0.15, 0.2) is 6.79 Å². The second-order valence-electron chi connectivity index (χ2n) is 4.18. The Morgan fingerprint density at radius 3 is 2.71 bits per heavy atom. The molecule has 2 rings (SSSR count). The van der Waals surface area contributed by atoms with E-state index in [0.29, 0.717) is 5.92 Å². The lowest BCUT2D eigenvalue weighted by Crippen LogP contribution is -2.20. The number of hydrogen-bond acceptors (Lipinski definition) is 3. The standard InChI is InChI=1S/C13H17NO3/c1-14-13(15)12-7-11(12)9-3-5-10(6-4-9)17-8-16-2/h3-6,11-12H,7-8H2,1-2H3,(H,14,15). The number of rotatable bonds is 5. The van der Waals surface area contributed by atoms with Crippen molar-refractivity contribution in [2.45, 2.75) is 12.3 Å². The maximum absolute atomic E-state index is 11.4. The number of hydrogen-bond donors (Lipinski definition) is 1. The van der Waals surface area contributed by atoms with Crippen molar-refractivity contribution in [2.24, 2.45) is 5.92 Å². The van der Waals surface area contributed by atoms with Gasteiger partial charge in [-0.25, -0.2) is 0 Å². The molecule has 0 aromatic heterocycles. The quantitative estimate of drug-likeness (QED) is 0.787. The maximum Gasteiger partial charge on any atom is 0.223 e. The van der Waals surface area contributed by atoms with Crippen LogP contribution in [0.1, 0.15) is 17.9 Å². The van der Waals surface area contributed by atoms with Crippen LogP contribution in [0.15, 0.2) is 24.3 Å². The lowest BCUT2D eigenvalue weighted by atomic mass is 10.1. The molecule has 0 spiro atoms. The first kappa shape index (κ1) is 11.9. The van der Waals surface area contributed by atoms with Gasteiger partial charge in [-0.2, -0.15) is 0 Å². The first-order valence-electron chi connectivity index (χ1n) is 5.69. The number of methoxy groups -OCH3 is 1. The van der Waals surface area contributed by atoms with Gasteiger partial charge in [0, 0.05) is 20.1 Å². The monoisotopic (exact) mass is 235 g/mol. The molecule has 4 heteroatoms. The third-order valence-corrected chi connectivity index (χ3v) is 3.03. The molecule has 1 aliphatic carbocycles. The lowest BCUT2D eigenvalue weighted by Gasteiger charge is -2.05. The van der Waals surface area contributed by atoms with Crippen LogP contribution in [0, 0.1) is 5.92 Å². The second-order valence-corrected chi connectivity index (χ2v) is 4.18. The van der Waals surface area contributed by atoms with Crippen LogP contribution in [0.25, 0.3) is 0 Å². The van der Waals surface area contributed by atoms with Crippen molar-refractivity contribution in [3.63, 3.8) is 0 Å². The number of carbonyl (C=O) groups excluding carboxylic acids is 1. The van der Waals surface area contributed by atoms with Gasteiger partial charge < -0.3 is 14.8 Å². The summed E-state index contributed by atoms with van der Waals surface area (Å²) < 4.78 is 10.1. The fourth-order valence-electron chi connectivity index (χ4n) is 1.98. The molecule has 0 aliphatic heterocycles. The van der Waals surface area contributed by atoms with Gasteiger partial charge in [0.25, 0.3) is 0 Å². The molecule has 1 N–H and O–H groups in total. The molecule has 1 saturated carbocycles. The van der Waals surface area contributed by atoms with Crippen LogP contribution < -0.4 is 10.1 Å². The highest BCUT2D eigenvalue weighted by Crippen LogP contribution is 2.47. The van der Waals surface area contributed by atoms with Crippen LogP contribution in [0.3, 0.4) is 0 Å². The number of amides is 1. The van der Waals surface area contributed by atoms with Gasteiger partial charge in [-0.1, -0.05) is 12.1 Å². The molecule has 4 nitrogen and oxygen atoms in total. The lowest BCUT2D eigenvalue weighted by molar-refractivity contribution is -0.121. The largest absolute Gasteiger partial charge is 0.468 e. The van der Waals surface area contributed by atoms with E-state index in [4.69, 9.17) is 9.47 Å². The molecule has 1 aliphatic rings. The first-order chi connectivity index (χ1) is 8.26. The van der Waals surface area contributed by atoms with Gasteiger partial charge in [-0.05, 0) is 30.0 Å². The number of nitrogens with one attached hydrogen (secondary N) is 1. The van der Waals surface area contributed by atoms with Crippen LogP contribution in [0.5, 0.6) is 5.75 Å². The van der Waals surface area contributed by atoms with E-state index in [1.807, 2.05) is 24.3 Å². The van der Waals surface area contributed by atoms with Crippen LogP contribution >= 0.6 is 0 Å². The molecule has 0 radical (unpaired) electrons. The molecule has 1 aromatic carbocycles. The Balaban J connectivity index is 1.93. The molecule has 0 bridgehead atoms. The summed E-state index contributed by atoms with van der Waals surface area (Å²) in [6.07, 6.45) is 0.942. The summed E-state index contributed by atoms with van der Waals surface area (Å²) in [4.78, 5) is 11.4. The molecular weight excluding hydrogens is 218 g/mol. The maximum atomic E-state index is 11.4. The summed E-state index contributed by atoms with van der Waals surface area (Å²) in [5, 5.41) is 2.69. The molecule has 92 valence electrons. The Morgan fingerprint density at radius 1 is 1.41 bits per heavy atom. The second kappa shape index (κ2) is 5.19. The molecular formula is C13H17NO3. The van der Waals surface area contributed by atoms with Crippen molar-refractivity contribution in [3.8, 4) is 5.75 Å². The summed E-state index contributed by atoms with van der Waals surface area (Å²) in [5.41, 5.74) is 1.20. The number of ether oxygens (including phenoxy) is 2. The van der Waals surface area contributed by atoms with Crippen molar-refractivity contribution < 1.29 is 14.3 Å². The summed E-state index contributed by atoms with van der Waals surface area (Å²) in [6, 6.07) is 7.85. The van der Waals surface area contributed by atoms with E-state index in [-0.39, 0.29) is 18.6 Å². The number of carbonyl (C=O) groups is 1. The molecule has 2 unspecified atom stereocenters. The van der Waals surface area contributed by atoms with Crippen LogP contribution in [0.2, 0.25) is 0 Å². The predicted octanol–water partition coefficient (Wildman–Crippen LogP) is 1.52. The van der Waals surface area contributed by atoms with E-state index in [2.05, 4.69) is 5.32 Å². The van der Waals surface area contributed by atoms with Gasteiger partial charge >= 0.3 is 0 Å². The molecule has 2 atom stereocenters. The molecule has 1 amide bonds.